The van der Waals surface area contributed by atoms with Gasteiger partial charge in [-0.2, -0.15) is 5.10 Å². The van der Waals surface area contributed by atoms with E-state index in [0.29, 0.717) is 0 Å². The summed E-state index contributed by atoms with van der Waals surface area (Å²) in [4.78, 5) is 0. The topological polar surface area (TPSA) is 29.9 Å². The van der Waals surface area contributed by atoms with Crippen molar-refractivity contribution in [2.75, 3.05) is 13.1 Å². The molecule has 1 N–H and O–H groups in total. The number of rotatable bonds is 1. The predicted octanol–water partition coefficient (Wildman–Crippen LogP) is 0.407. The Morgan fingerprint density at radius 1 is 1.64 bits per heavy atom. The molecule has 3 nitrogen and oxygen atoms in total. The third-order valence-electron chi connectivity index (χ3n) is 1.80. The van der Waals surface area contributed by atoms with Crippen molar-refractivity contribution in [1.29, 1.82) is 0 Å². The van der Waals surface area contributed by atoms with Crippen LogP contribution in [0.5, 0.6) is 0 Å². The van der Waals surface area contributed by atoms with E-state index >= 15 is 0 Å². The maximum absolute atomic E-state index is 4.08. The van der Waals surface area contributed by atoms with Gasteiger partial charge in [0, 0.05) is 31.9 Å². The molecule has 11 heavy (non-hydrogen) atoms. The van der Waals surface area contributed by atoms with Crippen LogP contribution in [0.4, 0.5) is 0 Å². The quantitative estimate of drug-likeness (QED) is 0.626. The Morgan fingerprint density at radius 3 is 2.91 bits per heavy atom. The van der Waals surface area contributed by atoms with Crippen molar-refractivity contribution in [3.05, 3.63) is 23.5 Å². The van der Waals surface area contributed by atoms with Gasteiger partial charge in [-0.1, -0.05) is 6.08 Å². The van der Waals surface area contributed by atoms with E-state index in [4.69, 9.17) is 0 Å². The third-order valence-corrected chi connectivity index (χ3v) is 1.80. The zero-order valence-electron chi connectivity index (χ0n) is 6.54. The SMILES string of the molecule is Cn1cc(C=C2CNC2)cn1. The summed E-state index contributed by atoms with van der Waals surface area (Å²) in [7, 11) is 1.93. The van der Waals surface area contributed by atoms with Crippen LogP contribution in [-0.4, -0.2) is 22.9 Å². The van der Waals surface area contributed by atoms with Gasteiger partial charge in [0.25, 0.3) is 0 Å². The lowest BCUT2D eigenvalue weighted by Crippen LogP contribution is -2.33. The van der Waals surface area contributed by atoms with Crippen LogP contribution in [0.2, 0.25) is 0 Å². The second-order valence-corrected chi connectivity index (χ2v) is 2.85. The fourth-order valence-corrected chi connectivity index (χ4v) is 1.12. The van der Waals surface area contributed by atoms with Crippen molar-refractivity contribution in [1.82, 2.24) is 15.1 Å². The van der Waals surface area contributed by atoms with Crippen molar-refractivity contribution >= 4 is 6.08 Å². The van der Waals surface area contributed by atoms with Crippen molar-refractivity contribution in [2.45, 2.75) is 0 Å². The summed E-state index contributed by atoms with van der Waals surface area (Å²) in [5, 5.41) is 7.27. The molecule has 0 saturated carbocycles. The molecule has 0 aliphatic carbocycles. The highest BCUT2D eigenvalue weighted by molar-refractivity contribution is 5.53. The average molecular weight is 149 g/mol. The summed E-state index contributed by atoms with van der Waals surface area (Å²) in [6.45, 7) is 2.07. The van der Waals surface area contributed by atoms with Crippen LogP contribution >= 0.6 is 0 Å². The predicted molar refractivity (Wildman–Crippen MR) is 44.1 cm³/mol. The molecule has 0 bridgehead atoms. The summed E-state index contributed by atoms with van der Waals surface area (Å²) in [6.07, 6.45) is 6.08. The van der Waals surface area contributed by atoms with Gasteiger partial charge in [0.05, 0.1) is 6.20 Å². The molecule has 1 aromatic heterocycles. The van der Waals surface area contributed by atoms with Crippen LogP contribution in [0.25, 0.3) is 6.08 Å². The Morgan fingerprint density at radius 2 is 2.45 bits per heavy atom. The van der Waals surface area contributed by atoms with Crippen molar-refractivity contribution in [2.24, 2.45) is 7.05 Å². The molecule has 2 rings (SSSR count). The first kappa shape index (κ1) is 6.61. The van der Waals surface area contributed by atoms with Gasteiger partial charge in [0.2, 0.25) is 0 Å². The highest BCUT2D eigenvalue weighted by atomic mass is 15.2. The molecule has 3 heteroatoms. The van der Waals surface area contributed by atoms with Crippen LogP contribution in [0.1, 0.15) is 5.56 Å². The minimum atomic E-state index is 1.04. The molecule has 1 aromatic rings. The van der Waals surface area contributed by atoms with Gasteiger partial charge in [0.1, 0.15) is 0 Å². The number of nitrogens with zero attached hydrogens (tertiary/aromatic N) is 2. The molecular formula is C8H11N3. The Labute approximate surface area is 65.7 Å². The van der Waals surface area contributed by atoms with E-state index in [1.165, 1.54) is 11.1 Å². The minimum Gasteiger partial charge on any atom is -0.309 e. The van der Waals surface area contributed by atoms with Crippen LogP contribution in [-0.2, 0) is 7.05 Å². The number of nitrogens with one attached hydrogen (secondary N) is 1. The summed E-state index contributed by atoms with van der Waals surface area (Å²) in [6, 6.07) is 0. The maximum atomic E-state index is 4.08. The standard InChI is InChI=1S/C8H11N3/c1-11-6-8(5-10-11)2-7-3-9-4-7/h2,5-6,9H,3-4H2,1H3. The Bertz CT molecular complexity index is 279. The number of aromatic nitrogens is 2. The van der Waals surface area contributed by atoms with Gasteiger partial charge in [-0.25, -0.2) is 0 Å². The fraction of sp³-hybridized carbons (Fsp3) is 0.375. The maximum Gasteiger partial charge on any atom is 0.0562 e. The van der Waals surface area contributed by atoms with E-state index in [1.807, 2.05) is 24.1 Å². The lowest BCUT2D eigenvalue weighted by Gasteiger charge is -2.17. The van der Waals surface area contributed by atoms with Crippen LogP contribution < -0.4 is 5.32 Å². The minimum absolute atomic E-state index is 1.04. The molecule has 1 saturated heterocycles. The second-order valence-electron chi connectivity index (χ2n) is 2.85. The molecular weight excluding hydrogens is 138 g/mol. The Kier molecular flexibility index (Phi) is 1.51. The highest BCUT2D eigenvalue weighted by Crippen LogP contribution is 2.08. The first-order chi connectivity index (χ1) is 5.34. The van der Waals surface area contributed by atoms with E-state index in [0.717, 1.165) is 13.1 Å². The zero-order chi connectivity index (χ0) is 7.68. The number of hydrogen-bond donors (Lipinski definition) is 1. The van der Waals surface area contributed by atoms with Crippen molar-refractivity contribution < 1.29 is 0 Å². The molecule has 1 aliphatic heterocycles. The van der Waals surface area contributed by atoms with Crippen LogP contribution in [0, 0.1) is 0 Å². The molecule has 1 aliphatic rings. The van der Waals surface area contributed by atoms with Crippen LogP contribution in [0.3, 0.4) is 0 Å². The normalized spacial score (nSPS) is 16.3. The summed E-state index contributed by atoms with van der Waals surface area (Å²) < 4.78 is 1.82. The van der Waals surface area contributed by atoms with Crippen molar-refractivity contribution in [3.63, 3.8) is 0 Å². The Hall–Kier alpha value is -1.09. The average Bonchev–Trinajstić information content (AvgIpc) is 2.27. The van der Waals surface area contributed by atoms with E-state index < -0.39 is 0 Å². The van der Waals surface area contributed by atoms with Crippen LogP contribution in [0.15, 0.2) is 18.0 Å². The molecule has 1 fully saturated rings. The van der Waals surface area contributed by atoms with Gasteiger partial charge in [-0.05, 0) is 5.57 Å². The summed E-state index contributed by atoms with van der Waals surface area (Å²) >= 11 is 0. The van der Waals surface area contributed by atoms with Crippen molar-refractivity contribution in [3.8, 4) is 0 Å². The van der Waals surface area contributed by atoms with E-state index in [2.05, 4.69) is 16.5 Å². The molecule has 0 atom stereocenters. The Balaban J connectivity index is 2.17. The summed E-state index contributed by atoms with van der Waals surface area (Å²) in [5.74, 6) is 0. The van der Waals surface area contributed by atoms with E-state index in [-0.39, 0.29) is 0 Å². The second kappa shape index (κ2) is 2.51. The third kappa shape index (κ3) is 1.33. The molecule has 0 radical (unpaired) electrons. The molecule has 2 heterocycles. The largest absolute Gasteiger partial charge is 0.309 e. The van der Waals surface area contributed by atoms with E-state index in [1.54, 1.807) is 0 Å². The zero-order valence-corrected chi connectivity index (χ0v) is 6.54. The van der Waals surface area contributed by atoms with Gasteiger partial charge in [-0.3, -0.25) is 4.68 Å². The molecule has 58 valence electrons. The smallest absolute Gasteiger partial charge is 0.0562 e. The lowest BCUT2D eigenvalue weighted by atomic mass is 10.1. The molecule has 0 amide bonds. The van der Waals surface area contributed by atoms with Gasteiger partial charge >= 0.3 is 0 Å². The molecule has 0 spiro atoms. The van der Waals surface area contributed by atoms with E-state index in [9.17, 15) is 0 Å². The monoisotopic (exact) mass is 149 g/mol. The van der Waals surface area contributed by atoms with Gasteiger partial charge in [-0.15, -0.1) is 0 Å². The fourth-order valence-electron chi connectivity index (χ4n) is 1.12. The van der Waals surface area contributed by atoms with Gasteiger partial charge in [0.15, 0.2) is 0 Å². The lowest BCUT2D eigenvalue weighted by molar-refractivity contribution is 0.675. The number of aryl methyl sites for hydroxylation is 1. The summed E-state index contributed by atoms with van der Waals surface area (Å²) in [5.41, 5.74) is 2.65. The molecule has 0 aromatic carbocycles. The van der Waals surface area contributed by atoms with Gasteiger partial charge < -0.3 is 5.32 Å². The highest BCUT2D eigenvalue weighted by Gasteiger charge is 2.06. The number of hydrogen-bond acceptors (Lipinski definition) is 2. The first-order valence-electron chi connectivity index (χ1n) is 3.73. The first-order valence-corrected chi connectivity index (χ1v) is 3.73. The molecule has 0 unspecified atom stereocenters.